The van der Waals surface area contributed by atoms with Crippen molar-refractivity contribution >= 4 is 27.2 Å². The molecule has 7 heteroatoms. The van der Waals surface area contributed by atoms with E-state index in [1.165, 1.54) is 6.07 Å². The summed E-state index contributed by atoms with van der Waals surface area (Å²) in [5.74, 6) is 0.359. The molecule has 1 aromatic rings. The van der Waals surface area contributed by atoms with Crippen molar-refractivity contribution in [2.75, 3.05) is 26.7 Å². The Labute approximate surface area is 131 Å². The van der Waals surface area contributed by atoms with E-state index in [4.69, 9.17) is 18.0 Å². The molecule has 3 N–H and O–H groups in total. The summed E-state index contributed by atoms with van der Waals surface area (Å²) in [5.41, 5.74) is 6.10. The van der Waals surface area contributed by atoms with Crippen molar-refractivity contribution < 1.29 is 8.42 Å². The van der Waals surface area contributed by atoms with Gasteiger partial charge in [0.05, 0.1) is 4.90 Å². The molecule has 0 radical (unpaired) electrons. The highest BCUT2D eigenvalue weighted by molar-refractivity contribution is 7.89. The van der Waals surface area contributed by atoms with E-state index in [1.54, 1.807) is 18.2 Å². The molecule has 1 aliphatic rings. The molecule has 0 bridgehead atoms. The van der Waals surface area contributed by atoms with Crippen LogP contribution in [0.15, 0.2) is 29.2 Å². The van der Waals surface area contributed by atoms with Crippen LogP contribution in [-0.4, -0.2) is 45.0 Å². The zero-order valence-corrected chi connectivity index (χ0v) is 13.7. The number of thiocarbonyl (C=S) groups is 1. The summed E-state index contributed by atoms with van der Waals surface area (Å²) in [5, 5.41) is 0. The Kier molecular flexibility index (Phi) is 5.32. The average Bonchev–Trinajstić information content (AvgIpc) is 2.45. The summed E-state index contributed by atoms with van der Waals surface area (Å²) in [6.07, 6.45) is 2.17. The van der Waals surface area contributed by atoms with E-state index >= 15 is 0 Å². The topological polar surface area (TPSA) is 75.4 Å². The number of sulfonamides is 1. The molecule has 1 heterocycles. The van der Waals surface area contributed by atoms with Gasteiger partial charge < -0.3 is 10.6 Å². The maximum atomic E-state index is 12.3. The van der Waals surface area contributed by atoms with Gasteiger partial charge in [-0.3, -0.25) is 0 Å². The lowest BCUT2D eigenvalue weighted by Crippen LogP contribution is -2.39. The van der Waals surface area contributed by atoms with Crippen LogP contribution >= 0.6 is 12.2 Å². The third-order valence-electron chi connectivity index (χ3n) is 3.71. The lowest BCUT2D eigenvalue weighted by atomic mass is 9.99. The number of benzene rings is 1. The molecule has 1 aliphatic heterocycles. The van der Waals surface area contributed by atoms with Crippen LogP contribution in [0, 0.1) is 5.92 Å². The van der Waals surface area contributed by atoms with E-state index < -0.39 is 10.0 Å². The molecule has 5 nitrogen and oxygen atoms in total. The number of rotatable bonds is 5. The highest BCUT2D eigenvalue weighted by Gasteiger charge is 2.21. The summed E-state index contributed by atoms with van der Waals surface area (Å²) in [6, 6.07) is 6.42. The van der Waals surface area contributed by atoms with Crippen LogP contribution in [0.1, 0.15) is 18.4 Å². The monoisotopic (exact) mass is 327 g/mol. The summed E-state index contributed by atoms with van der Waals surface area (Å²) in [4.78, 5) is 2.63. The highest BCUT2D eigenvalue weighted by atomic mass is 32.2. The number of nitrogens with one attached hydrogen (secondary N) is 1. The molecule has 0 spiro atoms. The minimum absolute atomic E-state index is 0.195. The van der Waals surface area contributed by atoms with Crippen molar-refractivity contribution in [3.05, 3.63) is 29.8 Å². The summed E-state index contributed by atoms with van der Waals surface area (Å²) in [6.45, 7) is 2.47. The molecule has 0 amide bonds. The predicted molar refractivity (Wildman–Crippen MR) is 87.7 cm³/mol. The minimum atomic E-state index is -3.52. The molecule has 116 valence electrons. The Bertz CT molecular complexity index is 616. The lowest BCUT2D eigenvalue weighted by molar-refractivity contribution is 0.211. The second kappa shape index (κ2) is 6.83. The molecule has 1 unspecified atom stereocenters. The smallest absolute Gasteiger partial charge is 0.240 e. The third kappa shape index (κ3) is 4.47. The van der Waals surface area contributed by atoms with Crippen molar-refractivity contribution in [1.82, 2.24) is 9.62 Å². The molecular weight excluding hydrogens is 306 g/mol. The van der Waals surface area contributed by atoms with E-state index in [0.717, 1.165) is 25.9 Å². The Hall–Kier alpha value is -1.02. The van der Waals surface area contributed by atoms with E-state index in [-0.39, 0.29) is 9.88 Å². The van der Waals surface area contributed by atoms with Crippen LogP contribution in [-0.2, 0) is 10.0 Å². The molecular formula is C14H21N3O2S2. The first-order valence-corrected chi connectivity index (χ1v) is 8.86. The van der Waals surface area contributed by atoms with Crippen molar-refractivity contribution in [1.29, 1.82) is 0 Å². The molecule has 2 rings (SSSR count). The largest absolute Gasteiger partial charge is 0.389 e. The van der Waals surface area contributed by atoms with Gasteiger partial charge >= 0.3 is 0 Å². The van der Waals surface area contributed by atoms with Crippen LogP contribution in [0.4, 0.5) is 0 Å². The maximum Gasteiger partial charge on any atom is 0.240 e. The van der Waals surface area contributed by atoms with Gasteiger partial charge in [-0.05, 0) is 44.5 Å². The summed E-state index contributed by atoms with van der Waals surface area (Å²) >= 11 is 4.88. The number of piperidine rings is 1. The third-order valence-corrected chi connectivity index (χ3v) is 5.37. The summed E-state index contributed by atoms with van der Waals surface area (Å²) in [7, 11) is -1.46. The number of likely N-dealkylation sites (tertiary alicyclic amines) is 1. The van der Waals surface area contributed by atoms with Gasteiger partial charge in [-0.25, -0.2) is 13.1 Å². The first kappa shape index (κ1) is 16.4. The summed E-state index contributed by atoms with van der Waals surface area (Å²) < 4.78 is 27.3. The molecule has 0 aromatic heterocycles. The van der Waals surface area contributed by atoms with Crippen LogP contribution in [0.3, 0.4) is 0 Å². The van der Waals surface area contributed by atoms with Gasteiger partial charge in [0, 0.05) is 18.7 Å². The van der Waals surface area contributed by atoms with Gasteiger partial charge in [0.2, 0.25) is 10.0 Å². The highest BCUT2D eigenvalue weighted by Crippen LogP contribution is 2.16. The number of hydrogen-bond donors (Lipinski definition) is 2. The molecule has 0 saturated carbocycles. The van der Waals surface area contributed by atoms with Gasteiger partial charge in [0.1, 0.15) is 4.99 Å². The standard InChI is InChI=1S/C14H21N3O2S2/c1-17-7-3-4-11(10-17)9-16-21(18,19)13-6-2-5-12(8-13)14(15)20/h2,5-6,8,11,16H,3-4,7,9-10H2,1H3,(H2,15,20). The molecule has 1 aromatic carbocycles. The van der Waals surface area contributed by atoms with E-state index in [1.807, 2.05) is 0 Å². The first-order valence-electron chi connectivity index (χ1n) is 6.96. The molecule has 1 fully saturated rings. The zero-order chi connectivity index (χ0) is 15.5. The van der Waals surface area contributed by atoms with E-state index in [9.17, 15) is 8.42 Å². The van der Waals surface area contributed by atoms with Crippen LogP contribution < -0.4 is 10.5 Å². The van der Waals surface area contributed by atoms with E-state index in [2.05, 4.69) is 16.7 Å². The van der Waals surface area contributed by atoms with Gasteiger partial charge in [-0.2, -0.15) is 0 Å². The molecule has 0 aliphatic carbocycles. The number of nitrogens with two attached hydrogens (primary N) is 1. The lowest BCUT2D eigenvalue weighted by Gasteiger charge is -2.29. The fraction of sp³-hybridized carbons (Fsp3) is 0.500. The zero-order valence-electron chi connectivity index (χ0n) is 12.1. The van der Waals surface area contributed by atoms with Crippen molar-refractivity contribution in [2.24, 2.45) is 11.7 Å². The number of hydrogen-bond acceptors (Lipinski definition) is 4. The fourth-order valence-electron chi connectivity index (χ4n) is 2.57. The van der Waals surface area contributed by atoms with Gasteiger partial charge in [0.15, 0.2) is 0 Å². The average molecular weight is 327 g/mol. The second-order valence-electron chi connectivity index (χ2n) is 5.51. The Morgan fingerprint density at radius 1 is 1.52 bits per heavy atom. The Morgan fingerprint density at radius 2 is 2.29 bits per heavy atom. The van der Waals surface area contributed by atoms with Gasteiger partial charge in [-0.15, -0.1) is 0 Å². The van der Waals surface area contributed by atoms with Gasteiger partial charge in [-0.1, -0.05) is 24.4 Å². The Balaban J connectivity index is 2.04. The van der Waals surface area contributed by atoms with Crippen LogP contribution in [0.2, 0.25) is 0 Å². The van der Waals surface area contributed by atoms with Crippen LogP contribution in [0.5, 0.6) is 0 Å². The maximum absolute atomic E-state index is 12.3. The molecule has 21 heavy (non-hydrogen) atoms. The fourth-order valence-corrected chi connectivity index (χ4v) is 3.86. The van der Waals surface area contributed by atoms with E-state index in [0.29, 0.717) is 18.0 Å². The van der Waals surface area contributed by atoms with Crippen molar-refractivity contribution in [3.8, 4) is 0 Å². The predicted octanol–water partition coefficient (Wildman–Crippen LogP) is 0.941. The van der Waals surface area contributed by atoms with Crippen molar-refractivity contribution in [3.63, 3.8) is 0 Å². The number of nitrogens with zero attached hydrogens (tertiary/aromatic N) is 1. The van der Waals surface area contributed by atoms with Gasteiger partial charge in [0.25, 0.3) is 0 Å². The Morgan fingerprint density at radius 3 is 2.95 bits per heavy atom. The normalized spacial score (nSPS) is 20.3. The second-order valence-corrected chi connectivity index (χ2v) is 7.72. The molecule has 1 saturated heterocycles. The van der Waals surface area contributed by atoms with Crippen LogP contribution in [0.25, 0.3) is 0 Å². The first-order chi connectivity index (χ1) is 9.88. The van der Waals surface area contributed by atoms with Crippen molar-refractivity contribution in [2.45, 2.75) is 17.7 Å². The SMILES string of the molecule is CN1CCCC(CNS(=O)(=O)c2cccc(C(N)=S)c2)C1. The quantitative estimate of drug-likeness (QED) is 0.787. The minimum Gasteiger partial charge on any atom is -0.389 e. The molecule has 1 atom stereocenters.